The number of anilines is 1. The van der Waals surface area contributed by atoms with Gasteiger partial charge in [-0.2, -0.15) is 0 Å². The maximum absolute atomic E-state index is 14.0. The third-order valence-electron chi connectivity index (χ3n) is 4.47. The predicted molar refractivity (Wildman–Crippen MR) is 95.6 cm³/mol. The minimum atomic E-state index is -0.561. The first kappa shape index (κ1) is 18.6. The van der Waals surface area contributed by atoms with E-state index in [1.54, 1.807) is 28.0 Å². The molecule has 3 rings (SSSR count). The van der Waals surface area contributed by atoms with Crippen LogP contribution in [0.3, 0.4) is 0 Å². The first-order valence-electron chi connectivity index (χ1n) is 8.60. The van der Waals surface area contributed by atoms with Gasteiger partial charge < -0.3 is 19.1 Å². The summed E-state index contributed by atoms with van der Waals surface area (Å²) in [6.07, 6.45) is 1.44. The third-order valence-corrected chi connectivity index (χ3v) is 4.47. The second kappa shape index (κ2) is 8.03. The van der Waals surface area contributed by atoms with Crippen LogP contribution in [0.1, 0.15) is 17.5 Å². The molecule has 2 aromatic rings. The molecule has 1 aliphatic heterocycles. The molecule has 1 aromatic heterocycles. The van der Waals surface area contributed by atoms with Gasteiger partial charge in [0.1, 0.15) is 12.4 Å². The third kappa shape index (κ3) is 4.16. The molecule has 27 heavy (non-hydrogen) atoms. The van der Waals surface area contributed by atoms with Crippen LogP contribution < -0.4 is 4.90 Å². The molecule has 1 fully saturated rings. The molecule has 3 amide bonds. The minimum absolute atomic E-state index is 0.0741. The molecule has 0 aliphatic carbocycles. The van der Waals surface area contributed by atoms with Crippen molar-refractivity contribution in [3.63, 3.8) is 0 Å². The number of hydrogen-bond acceptors (Lipinski definition) is 4. The van der Waals surface area contributed by atoms with Crippen molar-refractivity contribution in [3.8, 4) is 0 Å². The van der Waals surface area contributed by atoms with E-state index in [2.05, 4.69) is 0 Å². The summed E-state index contributed by atoms with van der Waals surface area (Å²) >= 11 is 0. The molecule has 0 radical (unpaired) electrons. The molecule has 1 aliphatic rings. The zero-order valence-corrected chi connectivity index (χ0v) is 14.9. The van der Waals surface area contributed by atoms with E-state index in [9.17, 15) is 18.8 Å². The SMILES string of the molecule is CC(=O)N(CC(=O)N1CCN(C(=O)c2ccco2)CC1)c1ccccc1F. The highest BCUT2D eigenvalue weighted by atomic mass is 19.1. The Morgan fingerprint density at radius 2 is 1.70 bits per heavy atom. The fourth-order valence-corrected chi connectivity index (χ4v) is 2.99. The molecule has 8 heteroatoms. The van der Waals surface area contributed by atoms with Gasteiger partial charge in [-0.25, -0.2) is 4.39 Å². The number of benzene rings is 1. The Morgan fingerprint density at radius 1 is 1.04 bits per heavy atom. The highest BCUT2D eigenvalue weighted by Crippen LogP contribution is 2.19. The van der Waals surface area contributed by atoms with Crippen LogP contribution in [-0.4, -0.2) is 60.2 Å². The predicted octanol–water partition coefficient (Wildman–Crippen LogP) is 1.76. The van der Waals surface area contributed by atoms with Crippen LogP contribution in [0, 0.1) is 5.82 Å². The summed E-state index contributed by atoms with van der Waals surface area (Å²) in [6.45, 7) is 2.46. The van der Waals surface area contributed by atoms with Crippen molar-refractivity contribution in [2.75, 3.05) is 37.6 Å². The van der Waals surface area contributed by atoms with Crippen LogP contribution in [0.5, 0.6) is 0 Å². The maximum atomic E-state index is 14.0. The van der Waals surface area contributed by atoms with Crippen LogP contribution in [0.25, 0.3) is 0 Å². The highest BCUT2D eigenvalue weighted by molar-refractivity contribution is 5.97. The normalized spacial score (nSPS) is 14.1. The summed E-state index contributed by atoms with van der Waals surface area (Å²) in [5.74, 6) is -1.23. The van der Waals surface area contributed by atoms with E-state index in [1.165, 1.54) is 31.4 Å². The molecular formula is C19H20FN3O4. The van der Waals surface area contributed by atoms with Gasteiger partial charge >= 0.3 is 0 Å². The Kier molecular flexibility index (Phi) is 5.54. The van der Waals surface area contributed by atoms with Gasteiger partial charge in [-0.15, -0.1) is 0 Å². The molecule has 142 valence electrons. The molecule has 0 bridgehead atoms. The minimum Gasteiger partial charge on any atom is -0.459 e. The molecule has 1 saturated heterocycles. The second-order valence-corrected chi connectivity index (χ2v) is 6.21. The number of nitrogens with zero attached hydrogens (tertiary/aromatic N) is 3. The van der Waals surface area contributed by atoms with Crippen molar-refractivity contribution in [1.29, 1.82) is 0 Å². The molecule has 2 heterocycles. The van der Waals surface area contributed by atoms with E-state index in [4.69, 9.17) is 4.42 Å². The van der Waals surface area contributed by atoms with E-state index in [-0.39, 0.29) is 29.8 Å². The maximum Gasteiger partial charge on any atom is 0.289 e. The average Bonchev–Trinajstić information content (AvgIpc) is 3.21. The molecule has 0 spiro atoms. The first-order chi connectivity index (χ1) is 13.0. The average molecular weight is 373 g/mol. The monoisotopic (exact) mass is 373 g/mol. The standard InChI is InChI=1S/C19H20FN3O4/c1-14(24)23(16-6-3-2-5-15(16)20)13-18(25)21-8-10-22(11-9-21)19(26)17-7-4-12-27-17/h2-7,12H,8-11,13H2,1H3. The van der Waals surface area contributed by atoms with Crippen LogP contribution in [0.4, 0.5) is 10.1 Å². The van der Waals surface area contributed by atoms with Crippen molar-refractivity contribution in [1.82, 2.24) is 9.80 Å². The lowest BCUT2D eigenvalue weighted by Crippen LogP contribution is -2.53. The first-order valence-corrected chi connectivity index (χ1v) is 8.60. The van der Waals surface area contributed by atoms with Gasteiger partial charge in [0.15, 0.2) is 5.76 Å². The van der Waals surface area contributed by atoms with Crippen LogP contribution >= 0.6 is 0 Å². The fraction of sp³-hybridized carbons (Fsp3) is 0.316. The van der Waals surface area contributed by atoms with E-state index in [0.29, 0.717) is 26.2 Å². The lowest BCUT2D eigenvalue weighted by molar-refractivity contribution is -0.132. The van der Waals surface area contributed by atoms with Crippen LogP contribution in [-0.2, 0) is 9.59 Å². The van der Waals surface area contributed by atoms with Gasteiger partial charge in [-0.1, -0.05) is 12.1 Å². The Hall–Kier alpha value is -3.16. The Morgan fingerprint density at radius 3 is 2.30 bits per heavy atom. The van der Waals surface area contributed by atoms with Gasteiger partial charge in [0.05, 0.1) is 12.0 Å². The zero-order valence-electron chi connectivity index (χ0n) is 14.9. The van der Waals surface area contributed by atoms with Gasteiger partial charge in [-0.3, -0.25) is 14.4 Å². The number of para-hydroxylation sites is 1. The van der Waals surface area contributed by atoms with Crippen molar-refractivity contribution < 1.29 is 23.2 Å². The highest BCUT2D eigenvalue weighted by Gasteiger charge is 2.28. The van der Waals surface area contributed by atoms with E-state index < -0.39 is 11.7 Å². The summed E-state index contributed by atoms with van der Waals surface area (Å²) in [5.41, 5.74) is 0.0741. The van der Waals surface area contributed by atoms with Gasteiger partial charge in [0, 0.05) is 33.1 Å². The molecule has 7 nitrogen and oxygen atoms in total. The Balaban J connectivity index is 1.61. The number of halogens is 1. The lowest BCUT2D eigenvalue weighted by atomic mass is 10.2. The molecule has 0 atom stereocenters. The number of furan rings is 1. The van der Waals surface area contributed by atoms with Gasteiger partial charge in [0.2, 0.25) is 11.8 Å². The van der Waals surface area contributed by atoms with Crippen LogP contribution in [0.2, 0.25) is 0 Å². The molecule has 0 saturated carbocycles. The Labute approximate surface area is 155 Å². The molecule has 0 N–H and O–H groups in total. The summed E-state index contributed by atoms with van der Waals surface area (Å²) in [4.78, 5) is 41.1. The van der Waals surface area contributed by atoms with Gasteiger partial charge in [-0.05, 0) is 24.3 Å². The zero-order chi connectivity index (χ0) is 19.4. The summed E-state index contributed by atoms with van der Waals surface area (Å²) < 4.78 is 19.1. The van der Waals surface area contributed by atoms with Crippen molar-refractivity contribution in [2.45, 2.75) is 6.92 Å². The second-order valence-electron chi connectivity index (χ2n) is 6.21. The number of rotatable bonds is 4. The van der Waals surface area contributed by atoms with Crippen molar-refractivity contribution in [3.05, 3.63) is 54.2 Å². The van der Waals surface area contributed by atoms with E-state index >= 15 is 0 Å². The number of piperazine rings is 1. The molecule has 0 unspecified atom stereocenters. The molecular weight excluding hydrogens is 353 g/mol. The quantitative estimate of drug-likeness (QED) is 0.819. The number of hydrogen-bond donors (Lipinski definition) is 0. The summed E-state index contributed by atoms with van der Waals surface area (Å²) in [7, 11) is 0. The number of carbonyl (C=O) groups excluding carboxylic acids is 3. The fourth-order valence-electron chi connectivity index (χ4n) is 2.99. The van der Waals surface area contributed by atoms with Crippen molar-refractivity contribution in [2.24, 2.45) is 0 Å². The topological polar surface area (TPSA) is 74.1 Å². The van der Waals surface area contributed by atoms with E-state index in [1.807, 2.05) is 0 Å². The summed E-state index contributed by atoms with van der Waals surface area (Å²) in [6, 6.07) is 9.08. The van der Waals surface area contributed by atoms with Crippen LogP contribution in [0.15, 0.2) is 47.1 Å². The largest absolute Gasteiger partial charge is 0.459 e. The Bertz CT molecular complexity index is 829. The smallest absolute Gasteiger partial charge is 0.289 e. The summed E-state index contributed by atoms with van der Waals surface area (Å²) in [5, 5.41) is 0. The molecule has 1 aromatic carbocycles. The number of carbonyl (C=O) groups is 3. The number of amides is 3. The van der Waals surface area contributed by atoms with Gasteiger partial charge in [0.25, 0.3) is 5.91 Å². The van der Waals surface area contributed by atoms with Crippen molar-refractivity contribution >= 4 is 23.4 Å². The lowest BCUT2D eigenvalue weighted by Gasteiger charge is -2.35. The van der Waals surface area contributed by atoms with E-state index in [0.717, 1.165) is 4.90 Å².